The van der Waals surface area contributed by atoms with Crippen molar-refractivity contribution in [3.8, 4) is 0 Å². The molecule has 0 amide bonds. The fourth-order valence-electron chi connectivity index (χ4n) is 1.52. The Bertz CT molecular complexity index is 253. The zero-order valence-electron chi connectivity index (χ0n) is 8.39. The molecule has 1 N–H and O–H groups in total. The second-order valence-corrected chi connectivity index (χ2v) is 4.62. The number of rotatable bonds is 2. The topological polar surface area (TPSA) is 24.9 Å². The Balaban J connectivity index is 0.000000980. The van der Waals surface area contributed by atoms with Crippen molar-refractivity contribution >= 4 is 36.6 Å². The molecule has 2 heterocycles. The molecule has 1 aliphatic heterocycles. The summed E-state index contributed by atoms with van der Waals surface area (Å²) in [5, 5.41) is 4.17. The van der Waals surface area contributed by atoms with Gasteiger partial charge in [-0.25, -0.2) is 0 Å². The Morgan fingerprint density at radius 3 is 2.33 bits per heavy atom. The molecule has 0 atom stereocenters. The molecule has 0 unspecified atom stereocenters. The van der Waals surface area contributed by atoms with Gasteiger partial charge in [0.1, 0.15) is 0 Å². The van der Waals surface area contributed by atoms with Crippen LogP contribution >= 0.6 is 36.6 Å². The van der Waals surface area contributed by atoms with Gasteiger partial charge >= 0.3 is 0 Å². The number of halogens is 2. The van der Waals surface area contributed by atoms with Crippen LogP contribution < -0.4 is 5.32 Å². The van der Waals surface area contributed by atoms with Crippen molar-refractivity contribution in [2.75, 3.05) is 13.1 Å². The Morgan fingerprint density at radius 2 is 1.73 bits per heavy atom. The third-order valence-corrected chi connectivity index (χ3v) is 3.59. The van der Waals surface area contributed by atoms with Crippen LogP contribution in [-0.2, 0) is 0 Å². The first-order valence-corrected chi connectivity index (χ1v) is 5.60. The Morgan fingerprint density at radius 1 is 1.13 bits per heavy atom. The molecule has 1 aromatic heterocycles. The van der Waals surface area contributed by atoms with E-state index in [2.05, 4.69) is 22.4 Å². The van der Waals surface area contributed by atoms with Crippen LogP contribution in [0.2, 0.25) is 0 Å². The van der Waals surface area contributed by atoms with E-state index in [9.17, 15) is 0 Å². The number of piperidine rings is 1. The highest BCUT2D eigenvalue weighted by Crippen LogP contribution is 2.27. The molecule has 15 heavy (non-hydrogen) atoms. The van der Waals surface area contributed by atoms with Gasteiger partial charge < -0.3 is 5.32 Å². The normalized spacial score (nSPS) is 16.3. The van der Waals surface area contributed by atoms with Gasteiger partial charge in [0.05, 0.1) is 0 Å². The molecular weight excluding hydrogens is 251 g/mol. The van der Waals surface area contributed by atoms with Crippen molar-refractivity contribution in [1.29, 1.82) is 0 Å². The molecule has 1 saturated heterocycles. The third kappa shape index (κ3) is 5.07. The molecule has 2 nitrogen and oxygen atoms in total. The number of hydrogen-bond donors (Lipinski definition) is 1. The summed E-state index contributed by atoms with van der Waals surface area (Å²) >= 11 is 1.98. The minimum absolute atomic E-state index is 0. The van der Waals surface area contributed by atoms with E-state index < -0.39 is 0 Å². The van der Waals surface area contributed by atoms with Crippen molar-refractivity contribution in [1.82, 2.24) is 10.3 Å². The van der Waals surface area contributed by atoms with E-state index in [0.29, 0.717) is 0 Å². The lowest BCUT2D eigenvalue weighted by Crippen LogP contribution is -2.29. The Labute approximate surface area is 107 Å². The lowest BCUT2D eigenvalue weighted by molar-refractivity contribution is 0.531. The minimum atomic E-state index is 0. The largest absolute Gasteiger partial charge is 0.317 e. The molecule has 0 saturated carbocycles. The highest BCUT2D eigenvalue weighted by atomic mass is 35.5. The summed E-state index contributed by atoms with van der Waals surface area (Å²) in [6, 6.07) is 4.18. The maximum atomic E-state index is 4.01. The second-order valence-electron chi connectivity index (χ2n) is 3.25. The molecule has 5 heteroatoms. The maximum absolute atomic E-state index is 4.01. The van der Waals surface area contributed by atoms with Crippen LogP contribution in [0.3, 0.4) is 0 Å². The fraction of sp³-hybridized carbons (Fsp3) is 0.500. The summed E-state index contributed by atoms with van der Waals surface area (Å²) in [5.74, 6) is 0. The lowest BCUT2D eigenvalue weighted by atomic mass is 10.2. The first-order chi connectivity index (χ1) is 6.45. The molecule has 0 bridgehead atoms. The van der Waals surface area contributed by atoms with Crippen LogP contribution in [0.4, 0.5) is 0 Å². The summed E-state index contributed by atoms with van der Waals surface area (Å²) in [4.78, 5) is 5.36. The minimum Gasteiger partial charge on any atom is -0.317 e. The van der Waals surface area contributed by atoms with Crippen LogP contribution in [0.25, 0.3) is 0 Å². The summed E-state index contributed by atoms with van der Waals surface area (Å²) in [6.45, 7) is 2.34. The van der Waals surface area contributed by atoms with Gasteiger partial charge in [-0.15, -0.1) is 36.6 Å². The molecule has 1 aliphatic rings. The van der Waals surface area contributed by atoms with Crippen molar-refractivity contribution in [2.45, 2.75) is 23.0 Å². The van der Waals surface area contributed by atoms with E-state index in [0.717, 1.165) is 5.25 Å². The van der Waals surface area contributed by atoms with E-state index >= 15 is 0 Å². The van der Waals surface area contributed by atoms with Gasteiger partial charge in [-0.3, -0.25) is 4.98 Å². The summed E-state index contributed by atoms with van der Waals surface area (Å²) in [5.41, 5.74) is 0. The lowest BCUT2D eigenvalue weighted by Gasteiger charge is -2.21. The van der Waals surface area contributed by atoms with Crippen molar-refractivity contribution in [2.24, 2.45) is 0 Å². The third-order valence-electron chi connectivity index (χ3n) is 2.24. The van der Waals surface area contributed by atoms with E-state index in [1.54, 1.807) is 0 Å². The maximum Gasteiger partial charge on any atom is 0.0278 e. The number of nitrogens with one attached hydrogen (secondary N) is 1. The average Bonchev–Trinajstić information content (AvgIpc) is 2.21. The van der Waals surface area contributed by atoms with Gasteiger partial charge in [0.25, 0.3) is 0 Å². The van der Waals surface area contributed by atoms with Crippen LogP contribution in [0, 0.1) is 0 Å². The Hall–Kier alpha value is 0.0400. The smallest absolute Gasteiger partial charge is 0.0278 e. The molecule has 1 fully saturated rings. The predicted octanol–water partition coefficient (Wildman–Crippen LogP) is 2.77. The highest BCUT2D eigenvalue weighted by Gasteiger charge is 2.13. The van der Waals surface area contributed by atoms with Crippen molar-refractivity contribution < 1.29 is 0 Å². The van der Waals surface area contributed by atoms with E-state index in [1.165, 1.54) is 30.8 Å². The van der Waals surface area contributed by atoms with Crippen LogP contribution in [-0.4, -0.2) is 23.3 Å². The molecule has 2 rings (SSSR count). The number of nitrogens with zero attached hydrogens (tertiary/aromatic N) is 1. The number of hydrogen-bond acceptors (Lipinski definition) is 3. The van der Waals surface area contributed by atoms with E-state index in [4.69, 9.17) is 0 Å². The van der Waals surface area contributed by atoms with Crippen molar-refractivity contribution in [3.05, 3.63) is 24.5 Å². The van der Waals surface area contributed by atoms with Gasteiger partial charge in [-0.05, 0) is 38.1 Å². The first kappa shape index (κ1) is 15.0. The first-order valence-electron chi connectivity index (χ1n) is 4.72. The zero-order valence-corrected chi connectivity index (χ0v) is 10.8. The van der Waals surface area contributed by atoms with Gasteiger partial charge in [0.2, 0.25) is 0 Å². The van der Waals surface area contributed by atoms with Gasteiger partial charge in [0.15, 0.2) is 0 Å². The molecule has 0 spiro atoms. The van der Waals surface area contributed by atoms with Gasteiger partial charge in [-0.2, -0.15) is 0 Å². The Kier molecular flexibility index (Phi) is 8.24. The number of thioether (sulfide) groups is 1. The molecular formula is C10H16Cl2N2S. The predicted molar refractivity (Wildman–Crippen MR) is 70.5 cm³/mol. The van der Waals surface area contributed by atoms with E-state index in [1.807, 2.05) is 24.2 Å². The quantitative estimate of drug-likeness (QED) is 0.892. The zero-order chi connectivity index (χ0) is 8.93. The summed E-state index contributed by atoms with van der Waals surface area (Å²) in [6.07, 6.45) is 6.30. The standard InChI is InChI=1S/C10H14N2S.2ClH/c1-5-11-6-2-9(1)13-10-3-7-12-8-4-10;;/h1-2,5-6,10,12H,3-4,7-8H2;2*1H. The second kappa shape index (κ2) is 8.22. The summed E-state index contributed by atoms with van der Waals surface area (Å²) in [7, 11) is 0. The summed E-state index contributed by atoms with van der Waals surface area (Å²) < 4.78 is 0. The highest BCUT2D eigenvalue weighted by molar-refractivity contribution is 8.00. The van der Waals surface area contributed by atoms with E-state index in [-0.39, 0.29) is 24.8 Å². The molecule has 1 aromatic rings. The van der Waals surface area contributed by atoms with Crippen LogP contribution in [0.1, 0.15) is 12.8 Å². The SMILES string of the molecule is Cl.Cl.c1cc(SC2CCNCC2)ccn1. The van der Waals surface area contributed by atoms with Crippen molar-refractivity contribution in [3.63, 3.8) is 0 Å². The van der Waals surface area contributed by atoms with Gasteiger partial charge in [-0.1, -0.05) is 0 Å². The monoisotopic (exact) mass is 266 g/mol. The fourth-order valence-corrected chi connectivity index (χ4v) is 2.66. The molecule has 0 aliphatic carbocycles. The number of pyridine rings is 1. The molecule has 0 radical (unpaired) electrons. The average molecular weight is 267 g/mol. The van der Waals surface area contributed by atoms with Crippen LogP contribution in [0.15, 0.2) is 29.4 Å². The van der Waals surface area contributed by atoms with Crippen LogP contribution in [0.5, 0.6) is 0 Å². The number of aromatic nitrogens is 1. The molecule has 86 valence electrons. The van der Waals surface area contributed by atoms with Gasteiger partial charge in [0, 0.05) is 22.5 Å². The molecule has 0 aromatic carbocycles.